The topological polar surface area (TPSA) is 27.1 Å². The van der Waals surface area contributed by atoms with E-state index < -0.39 is 12.7 Å². The van der Waals surface area contributed by atoms with E-state index in [1.165, 1.54) is 19.4 Å². The second-order valence-corrected chi connectivity index (χ2v) is 3.71. The molecule has 0 spiro atoms. The lowest BCUT2D eigenvalue weighted by Crippen LogP contribution is -2.17. The zero-order chi connectivity index (χ0) is 13.2. The Labute approximate surface area is 109 Å². The van der Waals surface area contributed by atoms with E-state index in [4.69, 9.17) is 4.74 Å². The molecule has 0 saturated heterocycles. The average molecular weight is 272 g/mol. The zero-order valence-electron chi connectivity index (χ0n) is 9.61. The van der Waals surface area contributed by atoms with Gasteiger partial charge in [0.15, 0.2) is 0 Å². The molecule has 0 fully saturated rings. The third kappa shape index (κ3) is 3.74. The van der Waals surface area contributed by atoms with Crippen LogP contribution in [0.15, 0.2) is 36.5 Å². The highest BCUT2D eigenvalue weighted by Crippen LogP contribution is 2.28. The van der Waals surface area contributed by atoms with Crippen LogP contribution < -0.4 is 4.74 Å². The number of ether oxygens (including phenoxy) is 1. The molecule has 19 heavy (non-hydrogen) atoms. The van der Waals surface area contributed by atoms with Crippen LogP contribution in [-0.4, -0.2) is 23.1 Å². The van der Waals surface area contributed by atoms with E-state index in [0.717, 1.165) is 4.68 Å². The van der Waals surface area contributed by atoms with Gasteiger partial charge in [-0.3, -0.25) is 4.68 Å². The number of hydrogen-bond acceptors (Lipinski definition) is 2. The normalized spacial score (nSPS) is 10.9. The fourth-order valence-electron chi connectivity index (χ4n) is 1.63. The summed E-state index contributed by atoms with van der Waals surface area (Å²) in [4.78, 5) is 0. The van der Waals surface area contributed by atoms with Crippen LogP contribution in [0.3, 0.4) is 0 Å². The van der Waals surface area contributed by atoms with Crippen molar-refractivity contribution in [1.29, 1.82) is 0 Å². The van der Waals surface area contributed by atoms with Crippen molar-refractivity contribution in [2.75, 3.05) is 7.11 Å². The Morgan fingerprint density at radius 2 is 1.89 bits per heavy atom. The highest BCUT2D eigenvalue weighted by molar-refractivity contribution is 5.66. The summed E-state index contributed by atoms with van der Waals surface area (Å²) < 4.78 is 42.6. The van der Waals surface area contributed by atoms with Gasteiger partial charge in [0, 0.05) is 11.8 Å². The lowest BCUT2D eigenvalue weighted by molar-refractivity contribution is -0.142. The maximum atomic E-state index is 12.2. The van der Waals surface area contributed by atoms with Crippen LogP contribution in [0.5, 0.6) is 5.75 Å². The zero-order valence-corrected chi connectivity index (χ0v) is 9.61. The lowest BCUT2D eigenvalue weighted by atomic mass is 10.1. The molecule has 3 nitrogen and oxygen atoms in total. The Morgan fingerprint density at radius 3 is 2.53 bits per heavy atom. The van der Waals surface area contributed by atoms with Crippen LogP contribution in [0.2, 0.25) is 0 Å². The van der Waals surface area contributed by atoms with E-state index in [1.54, 1.807) is 24.3 Å². The molecule has 2 aromatic rings. The molecule has 0 N–H and O–H groups in total. The highest BCUT2D eigenvalue weighted by Gasteiger charge is 2.28. The molecule has 0 radical (unpaired) electrons. The Balaban J connectivity index is 0.00000180. The number of rotatable bonds is 3. The van der Waals surface area contributed by atoms with Crippen molar-refractivity contribution in [1.82, 2.24) is 9.78 Å². The molecule has 0 amide bonds. The molecule has 1 aromatic heterocycles. The number of methoxy groups -OCH3 is 1. The van der Waals surface area contributed by atoms with Gasteiger partial charge in [-0.05, 0) is 18.2 Å². The Hall–Kier alpha value is -1.98. The Morgan fingerprint density at radius 1 is 1.21 bits per heavy atom. The van der Waals surface area contributed by atoms with Crippen LogP contribution in [0.4, 0.5) is 13.2 Å². The van der Waals surface area contributed by atoms with Crippen molar-refractivity contribution < 1.29 is 17.9 Å². The fraction of sp³-hybridized carbons (Fsp3) is 0.308. The van der Waals surface area contributed by atoms with Gasteiger partial charge in [-0.15, -0.1) is 0 Å². The molecule has 0 aliphatic rings. The van der Waals surface area contributed by atoms with Crippen molar-refractivity contribution in [2.45, 2.75) is 20.1 Å². The summed E-state index contributed by atoms with van der Waals surface area (Å²) in [5.41, 5.74) is 1.12. The van der Waals surface area contributed by atoms with Gasteiger partial charge in [0.2, 0.25) is 0 Å². The molecule has 104 valence electrons. The predicted molar refractivity (Wildman–Crippen MR) is 67.0 cm³/mol. The van der Waals surface area contributed by atoms with Gasteiger partial charge >= 0.3 is 6.18 Å². The van der Waals surface area contributed by atoms with Crippen molar-refractivity contribution >= 4 is 0 Å². The summed E-state index contributed by atoms with van der Waals surface area (Å²) in [6.45, 7) is -1.10. The van der Waals surface area contributed by atoms with Gasteiger partial charge in [-0.1, -0.05) is 19.6 Å². The number of alkyl halides is 3. The molecular weight excluding hydrogens is 257 g/mol. The van der Waals surface area contributed by atoms with Crippen molar-refractivity contribution in [3.63, 3.8) is 0 Å². The fourth-order valence-corrected chi connectivity index (χ4v) is 1.63. The molecule has 1 aromatic carbocycles. The quantitative estimate of drug-likeness (QED) is 0.850. The van der Waals surface area contributed by atoms with Crippen LogP contribution in [0, 0.1) is 0 Å². The van der Waals surface area contributed by atoms with E-state index in [2.05, 4.69) is 5.10 Å². The van der Waals surface area contributed by atoms with E-state index in [0.29, 0.717) is 17.0 Å². The number of hydrogen-bond donors (Lipinski definition) is 0. The number of halogens is 3. The van der Waals surface area contributed by atoms with Crippen LogP contribution in [0.1, 0.15) is 7.43 Å². The minimum Gasteiger partial charge on any atom is -0.496 e. The average Bonchev–Trinajstić information content (AvgIpc) is 2.75. The molecule has 0 bridgehead atoms. The Kier molecular flexibility index (Phi) is 4.58. The summed E-state index contributed by atoms with van der Waals surface area (Å²) in [6, 6.07) is 8.58. The number of para-hydroxylation sites is 1. The van der Waals surface area contributed by atoms with Gasteiger partial charge in [-0.25, -0.2) is 0 Å². The first-order valence-electron chi connectivity index (χ1n) is 5.23. The van der Waals surface area contributed by atoms with E-state index >= 15 is 0 Å². The Bertz CT molecular complexity index is 535. The van der Waals surface area contributed by atoms with Crippen molar-refractivity contribution in [2.24, 2.45) is 0 Å². The summed E-state index contributed by atoms with van der Waals surface area (Å²) in [5.74, 6) is 0.578. The van der Waals surface area contributed by atoms with Crippen LogP contribution >= 0.6 is 0 Å². The van der Waals surface area contributed by atoms with Gasteiger partial charge in [0.25, 0.3) is 0 Å². The second-order valence-electron chi connectivity index (χ2n) is 3.71. The van der Waals surface area contributed by atoms with E-state index in [9.17, 15) is 13.2 Å². The highest BCUT2D eigenvalue weighted by atomic mass is 19.4. The van der Waals surface area contributed by atoms with Gasteiger partial charge in [-0.2, -0.15) is 18.3 Å². The van der Waals surface area contributed by atoms with Gasteiger partial charge in [0.1, 0.15) is 12.3 Å². The predicted octanol–water partition coefficient (Wildman–Crippen LogP) is 3.76. The molecular formula is C13H15F3N2O. The number of aromatic nitrogens is 2. The summed E-state index contributed by atoms with van der Waals surface area (Å²) in [7, 11) is 1.51. The minimum absolute atomic E-state index is 0. The maximum absolute atomic E-state index is 12.2. The molecule has 1 heterocycles. The van der Waals surface area contributed by atoms with Crippen LogP contribution in [-0.2, 0) is 6.54 Å². The summed E-state index contributed by atoms with van der Waals surface area (Å²) in [6.07, 6.45) is -2.97. The second kappa shape index (κ2) is 5.77. The minimum atomic E-state index is -4.27. The SMILES string of the molecule is C.COc1ccccc1-c1ccn(CC(F)(F)F)n1. The maximum Gasteiger partial charge on any atom is 0.408 e. The number of benzene rings is 1. The largest absolute Gasteiger partial charge is 0.496 e. The molecule has 6 heteroatoms. The molecule has 0 aliphatic carbocycles. The molecule has 0 unspecified atom stereocenters. The molecule has 0 atom stereocenters. The van der Waals surface area contributed by atoms with Gasteiger partial charge in [0.05, 0.1) is 12.8 Å². The third-order valence-electron chi connectivity index (χ3n) is 2.36. The third-order valence-corrected chi connectivity index (χ3v) is 2.36. The van der Waals surface area contributed by atoms with E-state index in [-0.39, 0.29) is 7.43 Å². The summed E-state index contributed by atoms with van der Waals surface area (Å²) >= 11 is 0. The summed E-state index contributed by atoms with van der Waals surface area (Å²) in [5, 5.41) is 3.89. The van der Waals surface area contributed by atoms with Crippen molar-refractivity contribution in [3.8, 4) is 17.0 Å². The smallest absolute Gasteiger partial charge is 0.408 e. The standard InChI is InChI=1S/C12H11F3N2O.CH4/c1-18-11-5-3-2-4-9(11)10-6-7-17(16-10)8-12(13,14)15;/h2-7H,8H2,1H3;1H4. The molecule has 0 aliphatic heterocycles. The lowest BCUT2D eigenvalue weighted by Gasteiger charge is -2.07. The monoisotopic (exact) mass is 272 g/mol. The molecule has 0 saturated carbocycles. The molecule has 2 rings (SSSR count). The first kappa shape index (κ1) is 15.1. The number of nitrogens with zero attached hydrogens (tertiary/aromatic N) is 2. The van der Waals surface area contributed by atoms with Gasteiger partial charge < -0.3 is 4.74 Å². The van der Waals surface area contributed by atoms with Crippen molar-refractivity contribution in [3.05, 3.63) is 36.5 Å². The first-order valence-corrected chi connectivity index (χ1v) is 5.23. The first-order chi connectivity index (χ1) is 8.49. The van der Waals surface area contributed by atoms with E-state index in [1.807, 2.05) is 0 Å². The van der Waals surface area contributed by atoms with Crippen LogP contribution in [0.25, 0.3) is 11.3 Å².